The molecule has 1 aliphatic carbocycles. The van der Waals surface area contributed by atoms with Gasteiger partial charge in [-0.2, -0.15) is 4.39 Å². The van der Waals surface area contributed by atoms with Gasteiger partial charge in [0.2, 0.25) is 5.82 Å². The first-order valence-electron chi connectivity index (χ1n) is 9.69. The Morgan fingerprint density at radius 3 is 2.17 bits per heavy atom. The first kappa shape index (κ1) is 21.4. The lowest BCUT2D eigenvalue weighted by Gasteiger charge is -2.36. The zero-order chi connectivity index (χ0) is 21.2. The van der Waals surface area contributed by atoms with Crippen LogP contribution in [0, 0.1) is 17.5 Å². The highest BCUT2D eigenvalue weighted by Gasteiger charge is 2.47. The molecule has 0 bridgehead atoms. The Morgan fingerprint density at radius 2 is 1.55 bits per heavy atom. The van der Waals surface area contributed by atoms with Crippen LogP contribution in [0.5, 0.6) is 11.5 Å². The van der Waals surface area contributed by atoms with E-state index in [1.54, 1.807) is 13.8 Å². The highest BCUT2D eigenvalue weighted by Crippen LogP contribution is 2.51. The molecule has 0 N–H and O–H groups in total. The van der Waals surface area contributed by atoms with Gasteiger partial charge >= 0.3 is 0 Å². The highest BCUT2D eigenvalue weighted by atomic mass is 19.3. The zero-order valence-corrected chi connectivity index (χ0v) is 16.3. The number of hydrogen-bond acceptors (Lipinski definition) is 2. The van der Waals surface area contributed by atoms with E-state index in [4.69, 9.17) is 9.47 Å². The molecule has 0 aromatic heterocycles. The number of ether oxygens (including phenoxy) is 2. The van der Waals surface area contributed by atoms with Gasteiger partial charge < -0.3 is 9.47 Å². The van der Waals surface area contributed by atoms with E-state index in [0.717, 1.165) is 6.07 Å². The van der Waals surface area contributed by atoms with Crippen LogP contribution in [0.2, 0.25) is 0 Å². The van der Waals surface area contributed by atoms with E-state index in [-0.39, 0.29) is 48.7 Å². The van der Waals surface area contributed by atoms with E-state index in [1.165, 1.54) is 24.3 Å². The summed E-state index contributed by atoms with van der Waals surface area (Å²) in [6.45, 7) is 3.77. The fourth-order valence-electron chi connectivity index (χ4n) is 3.96. The van der Waals surface area contributed by atoms with E-state index in [1.807, 2.05) is 0 Å². The molecular weight excluding hydrogens is 391 g/mol. The van der Waals surface area contributed by atoms with Crippen molar-refractivity contribution in [1.29, 1.82) is 0 Å². The van der Waals surface area contributed by atoms with Crippen LogP contribution >= 0.6 is 0 Å². The molecule has 1 fully saturated rings. The van der Waals surface area contributed by atoms with E-state index >= 15 is 0 Å². The van der Waals surface area contributed by atoms with Crippen LogP contribution in [0.25, 0.3) is 0 Å². The summed E-state index contributed by atoms with van der Waals surface area (Å²) in [5, 5.41) is 0. The molecule has 1 aliphatic rings. The van der Waals surface area contributed by atoms with Gasteiger partial charge in [0.25, 0.3) is 5.92 Å². The van der Waals surface area contributed by atoms with Gasteiger partial charge in [-0.1, -0.05) is 12.1 Å². The third kappa shape index (κ3) is 4.33. The SMILES string of the molecule is CCOc1ccc(C2CCC(c3ccc(OCC)c(F)c3F)CC2(F)F)cc1F. The molecule has 0 heterocycles. The molecule has 2 aromatic carbocycles. The summed E-state index contributed by atoms with van der Waals surface area (Å²) in [4.78, 5) is 0. The molecule has 2 unspecified atom stereocenters. The van der Waals surface area contributed by atoms with Gasteiger partial charge in [-0.25, -0.2) is 17.6 Å². The molecule has 0 spiro atoms. The Morgan fingerprint density at radius 1 is 0.897 bits per heavy atom. The van der Waals surface area contributed by atoms with E-state index in [2.05, 4.69) is 0 Å². The van der Waals surface area contributed by atoms with Crippen molar-refractivity contribution in [3.05, 3.63) is 58.9 Å². The summed E-state index contributed by atoms with van der Waals surface area (Å²) < 4.78 is 82.6. The van der Waals surface area contributed by atoms with Crippen LogP contribution in [0.4, 0.5) is 22.0 Å². The number of hydrogen-bond donors (Lipinski definition) is 0. The fourth-order valence-corrected chi connectivity index (χ4v) is 3.96. The van der Waals surface area contributed by atoms with E-state index < -0.39 is 41.6 Å². The van der Waals surface area contributed by atoms with Gasteiger partial charge in [0, 0.05) is 12.3 Å². The van der Waals surface area contributed by atoms with Crippen molar-refractivity contribution in [3.63, 3.8) is 0 Å². The van der Waals surface area contributed by atoms with Gasteiger partial charge in [-0.3, -0.25) is 0 Å². The largest absolute Gasteiger partial charge is 0.491 e. The average molecular weight is 414 g/mol. The van der Waals surface area contributed by atoms with Crippen molar-refractivity contribution >= 4 is 0 Å². The Balaban J connectivity index is 1.82. The fraction of sp³-hybridized carbons (Fsp3) is 0.455. The van der Waals surface area contributed by atoms with E-state index in [0.29, 0.717) is 0 Å². The molecular formula is C22H23F5O2. The van der Waals surface area contributed by atoms with Gasteiger partial charge in [0.05, 0.1) is 13.2 Å². The maximum absolute atomic E-state index is 14.9. The quantitative estimate of drug-likeness (QED) is 0.497. The number of halogens is 5. The summed E-state index contributed by atoms with van der Waals surface area (Å²) >= 11 is 0. The number of rotatable bonds is 6. The molecule has 7 heteroatoms. The van der Waals surface area contributed by atoms with Crippen LogP contribution in [0.15, 0.2) is 30.3 Å². The van der Waals surface area contributed by atoms with Crippen molar-refractivity contribution in [2.75, 3.05) is 13.2 Å². The van der Waals surface area contributed by atoms with Gasteiger partial charge in [-0.05, 0) is 61.9 Å². The Hall–Kier alpha value is -2.31. The lowest BCUT2D eigenvalue weighted by Crippen LogP contribution is -2.33. The minimum atomic E-state index is -3.19. The van der Waals surface area contributed by atoms with Gasteiger partial charge in [-0.15, -0.1) is 0 Å². The normalized spacial score (nSPS) is 21.1. The predicted octanol–water partition coefficient (Wildman–Crippen LogP) is 6.59. The molecule has 29 heavy (non-hydrogen) atoms. The molecule has 0 radical (unpaired) electrons. The summed E-state index contributed by atoms with van der Waals surface area (Å²) in [6.07, 6.45) is -0.379. The number of alkyl halides is 2. The van der Waals surface area contributed by atoms with Gasteiger partial charge in [0.15, 0.2) is 23.1 Å². The Bertz CT molecular complexity index is 869. The average Bonchev–Trinajstić information content (AvgIpc) is 2.67. The second-order valence-electron chi connectivity index (χ2n) is 7.13. The third-order valence-corrected chi connectivity index (χ3v) is 5.31. The molecule has 3 rings (SSSR count). The Labute approximate surface area is 166 Å². The van der Waals surface area contributed by atoms with Crippen LogP contribution in [0.3, 0.4) is 0 Å². The molecule has 2 nitrogen and oxygen atoms in total. The first-order valence-corrected chi connectivity index (χ1v) is 9.69. The maximum Gasteiger partial charge on any atom is 0.255 e. The molecule has 2 aromatic rings. The van der Waals surface area contributed by atoms with Crippen LogP contribution in [-0.4, -0.2) is 19.1 Å². The van der Waals surface area contributed by atoms with Crippen molar-refractivity contribution in [2.24, 2.45) is 0 Å². The Kier molecular flexibility index (Phi) is 6.34. The van der Waals surface area contributed by atoms with Crippen molar-refractivity contribution in [1.82, 2.24) is 0 Å². The maximum atomic E-state index is 14.9. The smallest absolute Gasteiger partial charge is 0.255 e. The second-order valence-corrected chi connectivity index (χ2v) is 7.13. The van der Waals surface area contributed by atoms with Gasteiger partial charge in [0.1, 0.15) is 0 Å². The zero-order valence-electron chi connectivity index (χ0n) is 16.3. The summed E-state index contributed by atoms with van der Waals surface area (Å²) in [5.74, 6) is -8.45. The molecule has 2 atom stereocenters. The standard InChI is InChI=1S/C22H23F5O2/c1-3-28-18-9-6-13(11-17(18)23)16-8-5-14(12-22(16,26)27)15-7-10-19(29-4-2)21(25)20(15)24/h6-7,9-11,14,16H,3-5,8,12H2,1-2H3. The molecule has 0 aliphatic heterocycles. The number of benzene rings is 2. The van der Waals surface area contributed by atoms with Crippen molar-refractivity contribution in [3.8, 4) is 11.5 Å². The predicted molar refractivity (Wildman–Crippen MR) is 99.4 cm³/mol. The van der Waals surface area contributed by atoms with Crippen molar-refractivity contribution in [2.45, 2.75) is 50.9 Å². The topological polar surface area (TPSA) is 18.5 Å². The van der Waals surface area contributed by atoms with Crippen LogP contribution in [-0.2, 0) is 0 Å². The van der Waals surface area contributed by atoms with Crippen LogP contribution in [0.1, 0.15) is 56.1 Å². The summed E-state index contributed by atoms with van der Waals surface area (Å²) in [5.41, 5.74) is 0.0923. The minimum absolute atomic E-state index is 0.0141. The molecule has 158 valence electrons. The summed E-state index contributed by atoms with van der Waals surface area (Å²) in [7, 11) is 0. The second kappa shape index (κ2) is 8.59. The third-order valence-electron chi connectivity index (χ3n) is 5.31. The molecule has 0 amide bonds. The lowest BCUT2D eigenvalue weighted by atomic mass is 9.73. The lowest BCUT2D eigenvalue weighted by molar-refractivity contribution is -0.0619. The highest BCUT2D eigenvalue weighted by molar-refractivity contribution is 5.36. The summed E-state index contributed by atoms with van der Waals surface area (Å²) in [6, 6.07) is 6.42. The molecule has 1 saturated carbocycles. The minimum Gasteiger partial charge on any atom is -0.491 e. The van der Waals surface area contributed by atoms with Crippen molar-refractivity contribution < 1.29 is 31.4 Å². The monoisotopic (exact) mass is 414 g/mol. The molecule has 0 saturated heterocycles. The first-order chi connectivity index (χ1) is 13.8. The van der Waals surface area contributed by atoms with E-state index in [9.17, 15) is 22.0 Å². The van der Waals surface area contributed by atoms with Crippen LogP contribution < -0.4 is 9.47 Å².